The normalized spacial score (nSPS) is 13.0. The lowest BCUT2D eigenvalue weighted by molar-refractivity contribution is 0.191. The molecule has 134 valence electrons. The predicted octanol–water partition coefficient (Wildman–Crippen LogP) is 2.35. The lowest BCUT2D eigenvalue weighted by Crippen LogP contribution is -2.13. The minimum absolute atomic E-state index is 0.331. The highest BCUT2D eigenvalue weighted by atomic mass is 32.2. The second kappa shape index (κ2) is 8.52. The second-order valence-corrected chi connectivity index (χ2v) is 6.59. The topological polar surface area (TPSA) is 113 Å². The van der Waals surface area contributed by atoms with Crippen molar-refractivity contribution >= 4 is 28.4 Å². The van der Waals surface area contributed by atoms with Crippen molar-refractivity contribution in [2.75, 3.05) is 17.2 Å². The van der Waals surface area contributed by atoms with Crippen molar-refractivity contribution in [2.24, 2.45) is 5.14 Å². The van der Waals surface area contributed by atoms with E-state index in [2.05, 4.69) is 20.6 Å². The van der Waals surface area contributed by atoms with Gasteiger partial charge in [0.15, 0.2) is 0 Å². The van der Waals surface area contributed by atoms with Gasteiger partial charge in [0.25, 0.3) is 0 Å². The number of hydrogen-bond donors (Lipinski definition) is 4. The predicted molar refractivity (Wildman–Crippen MR) is 102 cm³/mol. The average Bonchev–Trinajstić information content (AvgIpc) is 2.67. The summed E-state index contributed by atoms with van der Waals surface area (Å²) in [5.41, 5.74) is 1.59. The molecule has 8 heteroatoms. The van der Waals surface area contributed by atoms with E-state index in [1.807, 2.05) is 30.3 Å². The van der Waals surface area contributed by atoms with Crippen LogP contribution in [0.25, 0.3) is 0 Å². The molecule has 0 aliphatic carbocycles. The van der Waals surface area contributed by atoms with Gasteiger partial charge in [0.2, 0.25) is 5.95 Å². The first-order chi connectivity index (χ1) is 12.6. The van der Waals surface area contributed by atoms with E-state index >= 15 is 0 Å². The molecule has 2 atom stereocenters. The van der Waals surface area contributed by atoms with Crippen molar-refractivity contribution in [3.05, 3.63) is 72.4 Å². The molecule has 1 aromatic heterocycles. The molecule has 0 saturated carbocycles. The van der Waals surface area contributed by atoms with Crippen LogP contribution < -0.4 is 15.8 Å². The van der Waals surface area contributed by atoms with E-state index in [9.17, 15) is 9.32 Å². The minimum Gasteiger partial charge on any atom is -0.387 e. The smallest absolute Gasteiger partial charge is 0.229 e. The lowest BCUT2D eigenvalue weighted by Gasteiger charge is -2.13. The van der Waals surface area contributed by atoms with Gasteiger partial charge in [0.05, 0.1) is 11.0 Å². The fourth-order valence-electron chi connectivity index (χ4n) is 2.31. The van der Waals surface area contributed by atoms with Gasteiger partial charge in [-0.15, -0.1) is 0 Å². The Kier molecular flexibility index (Phi) is 5.90. The monoisotopic (exact) mass is 369 g/mol. The highest BCUT2D eigenvalue weighted by Crippen LogP contribution is 2.17. The van der Waals surface area contributed by atoms with E-state index in [0.29, 0.717) is 23.2 Å². The molecule has 3 aromatic rings. The third kappa shape index (κ3) is 4.85. The van der Waals surface area contributed by atoms with Crippen molar-refractivity contribution in [3.8, 4) is 0 Å². The van der Waals surface area contributed by atoms with E-state index < -0.39 is 17.1 Å². The summed E-state index contributed by atoms with van der Waals surface area (Å²) in [6.07, 6.45) is 0.989. The van der Waals surface area contributed by atoms with Crippen LogP contribution in [0.15, 0.2) is 71.8 Å². The Balaban J connectivity index is 1.62. The van der Waals surface area contributed by atoms with Crippen molar-refractivity contribution < 1.29 is 9.32 Å². The molecule has 0 aliphatic heterocycles. The Bertz CT molecular complexity index is 874. The highest BCUT2D eigenvalue weighted by Gasteiger charge is 2.07. The Labute approximate surface area is 153 Å². The number of aromatic nitrogens is 2. The van der Waals surface area contributed by atoms with Crippen LogP contribution in [0, 0.1) is 0 Å². The van der Waals surface area contributed by atoms with Crippen LogP contribution in [0.1, 0.15) is 11.7 Å². The maximum Gasteiger partial charge on any atom is 0.229 e. The summed E-state index contributed by atoms with van der Waals surface area (Å²) in [5.74, 6) is 1.00. The zero-order valence-electron chi connectivity index (χ0n) is 13.9. The molecule has 0 amide bonds. The molecule has 1 heterocycles. The standard InChI is InChI=1S/C18H19N5O2S/c19-26(25)15-8-6-14(7-9-15)22-18-20-11-10-17(23-18)21-12-16(24)13-4-2-1-3-5-13/h1-11,16,24H,12,19H2,(H2,20,21,22,23). The van der Waals surface area contributed by atoms with Gasteiger partial charge in [-0.1, -0.05) is 30.3 Å². The number of nitrogens with zero attached hydrogens (tertiary/aromatic N) is 2. The van der Waals surface area contributed by atoms with Gasteiger partial charge in [0, 0.05) is 18.4 Å². The molecule has 5 N–H and O–H groups in total. The fourth-order valence-corrected chi connectivity index (χ4v) is 2.72. The summed E-state index contributed by atoms with van der Waals surface area (Å²) >= 11 is 0. The van der Waals surface area contributed by atoms with Crippen LogP contribution in [-0.4, -0.2) is 25.8 Å². The van der Waals surface area contributed by atoms with Gasteiger partial charge < -0.3 is 15.7 Å². The Morgan fingerprint density at radius 2 is 1.81 bits per heavy atom. The zero-order valence-corrected chi connectivity index (χ0v) is 14.7. The first-order valence-corrected chi connectivity index (χ1v) is 9.16. The summed E-state index contributed by atoms with van der Waals surface area (Å²) < 4.78 is 11.2. The summed E-state index contributed by atoms with van der Waals surface area (Å²) in [4.78, 5) is 9.07. The molecule has 0 saturated heterocycles. The van der Waals surface area contributed by atoms with Crippen molar-refractivity contribution in [3.63, 3.8) is 0 Å². The summed E-state index contributed by atoms with van der Waals surface area (Å²) in [6.45, 7) is 0.331. The van der Waals surface area contributed by atoms with Gasteiger partial charge in [-0.05, 0) is 35.9 Å². The molecule has 0 radical (unpaired) electrons. The Hall–Kier alpha value is -2.81. The molecule has 0 bridgehead atoms. The van der Waals surface area contributed by atoms with Crippen LogP contribution in [-0.2, 0) is 11.0 Å². The van der Waals surface area contributed by atoms with E-state index in [0.717, 1.165) is 11.3 Å². The maximum absolute atomic E-state index is 11.2. The van der Waals surface area contributed by atoms with Crippen LogP contribution in [0.2, 0.25) is 0 Å². The zero-order chi connectivity index (χ0) is 18.4. The highest BCUT2D eigenvalue weighted by molar-refractivity contribution is 7.82. The SMILES string of the molecule is NS(=O)c1ccc(Nc2nccc(NCC(O)c3ccccc3)n2)cc1. The van der Waals surface area contributed by atoms with Gasteiger partial charge in [-0.25, -0.2) is 14.3 Å². The van der Waals surface area contributed by atoms with Gasteiger partial charge in [0.1, 0.15) is 16.8 Å². The maximum atomic E-state index is 11.2. The molecular weight excluding hydrogens is 350 g/mol. The number of aliphatic hydroxyl groups is 1. The number of rotatable bonds is 7. The van der Waals surface area contributed by atoms with Crippen LogP contribution in [0.4, 0.5) is 17.5 Å². The van der Waals surface area contributed by atoms with Crippen molar-refractivity contribution in [1.82, 2.24) is 9.97 Å². The molecule has 26 heavy (non-hydrogen) atoms. The van der Waals surface area contributed by atoms with E-state index in [1.54, 1.807) is 36.5 Å². The van der Waals surface area contributed by atoms with E-state index in [4.69, 9.17) is 5.14 Å². The number of hydrogen-bond acceptors (Lipinski definition) is 6. The number of benzene rings is 2. The molecular formula is C18H19N5O2S. The number of nitrogens with two attached hydrogens (primary N) is 1. The molecule has 2 unspecified atom stereocenters. The van der Waals surface area contributed by atoms with Crippen LogP contribution in [0.5, 0.6) is 0 Å². The molecule has 2 aromatic carbocycles. The minimum atomic E-state index is -1.50. The summed E-state index contributed by atoms with van der Waals surface area (Å²) in [5, 5.41) is 21.7. The fraction of sp³-hybridized carbons (Fsp3) is 0.111. The molecule has 0 aliphatic rings. The molecule has 0 fully saturated rings. The second-order valence-electron chi connectivity index (χ2n) is 5.52. The van der Waals surface area contributed by atoms with E-state index in [-0.39, 0.29) is 0 Å². The molecule has 7 nitrogen and oxygen atoms in total. The van der Waals surface area contributed by atoms with E-state index in [1.165, 1.54) is 0 Å². The Morgan fingerprint density at radius 1 is 1.08 bits per heavy atom. The summed E-state index contributed by atoms with van der Waals surface area (Å²) in [7, 11) is -1.50. The first-order valence-electron chi connectivity index (χ1n) is 7.95. The van der Waals surface area contributed by atoms with Crippen LogP contribution >= 0.6 is 0 Å². The van der Waals surface area contributed by atoms with Crippen LogP contribution in [0.3, 0.4) is 0 Å². The number of aliphatic hydroxyl groups excluding tert-OH is 1. The largest absolute Gasteiger partial charge is 0.387 e. The van der Waals surface area contributed by atoms with Crippen molar-refractivity contribution in [1.29, 1.82) is 0 Å². The quantitative estimate of drug-likeness (QED) is 0.508. The first kappa shape index (κ1) is 18.0. The number of nitrogens with one attached hydrogen (secondary N) is 2. The summed E-state index contributed by atoms with van der Waals surface area (Å²) in [6, 6.07) is 18.0. The van der Waals surface area contributed by atoms with Gasteiger partial charge >= 0.3 is 0 Å². The Morgan fingerprint density at radius 3 is 2.50 bits per heavy atom. The lowest BCUT2D eigenvalue weighted by atomic mass is 10.1. The number of anilines is 3. The molecule has 0 spiro atoms. The van der Waals surface area contributed by atoms with Gasteiger partial charge in [-0.2, -0.15) is 4.98 Å². The third-order valence-electron chi connectivity index (χ3n) is 3.66. The van der Waals surface area contributed by atoms with Crippen molar-refractivity contribution in [2.45, 2.75) is 11.0 Å². The third-order valence-corrected chi connectivity index (χ3v) is 4.40. The average molecular weight is 369 g/mol. The molecule has 3 rings (SSSR count). The van der Waals surface area contributed by atoms with Gasteiger partial charge in [-0.3, -0.25) is 0 Å².